The highest BCUT2D eigenvalue weighted by Crippen LogP contribution is 2.09. The third-order valence-electron chi connectivity index (χ3n) is 4.32. The topological polar surface area (TPSA) is 97.8 Å². The van der Waals surface area contributed by atoms with Gasteiger partial charge in [0.2, 0.25) is 12.2 Å². The molecule has 0 amide bonds. The second-order valence-electron chi connectivity index (χ2n) is 6.99. The highest BCUT2D eigenvalue weighted by Gasteiger charge is 2.16. The first kappa shape index (κ1) is 27.7. The molecule has 0 atom stereocenters. The van der Waals surface area contributed by atoms with Crippen LogP contribution in [0.2, 0.25) is 10.3 Å². The molecule has 0 aliphatic heterocycles. The van der Waals surface area contributed by atoms with Crippen LogP contribution in [0.1, 0.15) is 18.1 Å². The summed E-state index contributed by atoms with van der Waals surface area (Å²) in [5, 5.41) is 12.6. The molecule has 0 saturated carbocycles. The van der Waals surface area contributed by atoms with Crippen LogP contribution in [0.3, 0.4) is 0 Å². The highest BCUT2D eigenvalue weighted by atomic mass is 35.5. The van der Waals surface area contributed by atoms with Gasteiger partial charge in [-0.3, -0.25) is 9.98 Å². The van der Waals surface area contributed by atoms with E-state index < -0.39 is 0 Å². The quantitative estimate of drug-likeness (QED) is 0.226. The molecule has 0 spiro atoms. The predicted molar refractivity (Wildman–Crippen MR) is 136 cm³/mol. The zero-order valence-electron chi connectivity index (χ0n) is 19.6. The molecule has 176 valence electrons. The first-order valence-electron chi connectivity index (χ1n) is 10.1. The number of hydrogen-bond donors (Lipinski definition) is 1. The summed E-state index contributed by atoms with van der Waals surface area (Å²) in [5.41, 5.74) is 2.09. The van der Waals surface area contributed by atoms with Gasteiger partial charge in [-0.25, -0.2) is 14.9 Å². The average molecular weight is 491 g/mol. The summed E-state index contributed by atoms with van der Waals surface area (Å²) in [5.74, 6) is 1.36. The van der Waals surface area contributed by atoms with E-state index in [0.717, 1.165) is 30.2 Å². The number of guanidine groups is 2. The number of nitrogens with zero attached hydrogens (tertiary/aromatic N) is 8. The van der Waals surface area contributed by atoms with Crippen molar-refractivity contribution in [2.75, 3.05) is 34.7 Å². The maximum atomic E-state index is 8.62. The van der Waals surface area contributed by atoms with E-state index in [1.54, 1.807) is 35.6 Å². The molecule has 11 heteroatoms. The fourth-order valence-corrected chi connectivity index (χ4v) is 3.03. The first-order chi connectivity index (χ1) is 15.7. The molecule has 0 aliphatic rings. The fourth-order valence-electron chi connectivity index (χ4n) is 2.81. The normalized spacial score (nSPS) is 10.2. The fraction of sp³-hybridized carbons (Fsp3) is 0.364. The van der Waals surface area contributed by atoms with Crippen LogP contribution in [-0.2, 0) is 13.1 Å². The highest BCUT2D eigenvalue weighted by molar-refractivity contribution is 6.29. The number of hydrogen-bond acceptors (Lipinski definition) is 4. The minimum absolute atomic E-state index is 0.468. The second kappa shape index (κ2) is 14.7. The number of aliphatic imine (C=N–C) groups is 1. The van der Waals surface area contributed by atoms with E-state index in [9.17, 15) is 0 Å². The van der Waals surface area contributed by atoms with Gasteiger partial charge in [0.15, 0.2) is 0 Å². The summed E-state index contributed by atoms with van der Waals surface area (Å²) in [6.45, 7) is 7.78. The Morgan fingerprint density at radius 3 is 2.00 bits per heavy atom. The Morgan fingerprint density at radius 2 is 1.64 bits per heavy atom. The maximum Gasteiger partial charge on any atom is 0.440 e. The van der Waals surface area contributed by atoms with Crippen molar-refractivity contribution in [3.63, 3.8) is 0 Å². The second-order valence-corrected chi connectivity index (χ2v) is 7.76. The van der Waals surface area contributed by atoms with E-state index in [1.807, 2.05) is 45.2 Å². The lowest BCUT2D eigenvalue weighted by molar-refractivity contribution is 0.419. The number of nitriles is 1. The molecule has 0 bridgehead atoms. The van der Waals surface area contributed by atoms with Gasteiger partial charge in [-0.1, -0.05) is 35.3 Å². The minimum Gasteiger partial charge on any atom is -0.348 e. The molecule has 0 aromatic carbocycles. The lowest BCUT2D eigenvalue weighted by Crippen LogP contribution is -2.40. The van der Waals surface area contributed by atoms with Crippen molar-refractivity contribution >= 4 is 41.8 Å². The van der Waals surface area contributed by atoms with Crippen LogP contribution in [0.5, 0.6) is 0 Å². The van der Waals surface area contributed by atoms with Crippen molar-refractivity contribution in [3.05, 3.63) is 58.1 Å². The monoisotopic (exact) mass is 490 g/mol. The number of pyridine rings is 2. The minimum atomic E-state index is 0.468. The van der Waals surface area contributed by atoms with Gasteiger partial charge >= 0.3 is 5.96 Å². The molecule has 0 saturated heterocycles. The third-order valence-corrected chi connectivity index (χ3v) is 4.76. The molecular weight excluding hydrogens is 461 g/mol. The zero-order valence-corrected chi connectivity index (χ0v) is 21.1. The first-order valence-corrected chi connectivity index (χ1v) is 10.8. The van der Waals surface area contributed by atoms with Crippen LogP contribution in [0.4, 0.5) is 0 Å². The standard InChI is InChI=1S/C11H14ClN5.C11H15ClN4/c1-16(2)11(15-8-13)17(3)7-9-4-5-10(12)14-6-9;1-4-16(11(13-2)14-3)8-9-5-6-10(12)15-7-9/h4-6H,7H2,1-3H3;5-7H,2,4,8H2,1,3H3/p+1. The van der Waals surface area contributed by atoms with E-state index in [2.05, 4.69) is 43.5 Å². The Kier molecular flexibility index (Phi) is 12.3. The molecule has 9 nitrogen and oxygen atoms in total. The summed E-state index contributed by atoms with van der Waals surface area (Å²) in [4.78, 5) is 17.5. The van der Waals surface area contributed by atoms with E-state index >= 15 is 0 Å². The lowest BCUT2D eigenvalue weighted by atomic mass is 10.2. The van der Waals surface area contributed by atoms with Gasteiger partial charge in [-0.15, -0.1) is 4.99 Å². The Balaban J connectivity index is 0.000000331. The molecule has 0 aliphatic carbocycles. The molecular formula is C22H30Cl2N9+. The van der Waals surface area contributed by atoms with Crippen LogP contribution in [0.15, 0.2) is 41.7 Å². The molecule has 0 radical (unpaired) electrons. The van der Waals surface area contributed by atoms with Crippen molar-refractivity contribution in [2.45, 2.75) is 20.0 Å². The van der Waals surface area contributed by atoms with Crippen molar-refractivity contribution in [3.8, 4) is 6.19 Å². The molecule has 2 heterocycles. The van der Waals surface area contributed by atoms with Gasteiger partial charge in [-0.2, -0.15) is 5.26 Å². The largest absolute Gasteiger partial charge is 0.440 e. The SMILES string of the molecule is C=[N+]=C(NC)N(CC)Cc1ccc(Cl)nc1.CN(C)C(=NC#N)N(C)Cc1ccc(Cl)nc1. The Hall–Kier alpha value is -3.31. The molecule has 2 rings (SSSR count). The molecule has 0 unspecified atom stereocenters. The predicted octanol–water partition coefficient (Wildman–Crippen LogP) is 2.47. The van der Waals surface area contributed by atoms with E-state index in [-0.39, 0.29) is 0 Å². The maximum absolute atomic E-state index is 8.62. The number of nitrogens with one attached hydrogen (secondary N) is 1. The van der Waals surface area contributed by atoms with E-state index in [1.165, 1.54) is 0 Å². The van der Waals surface area contributed by atoms with Gasteiger partial charge in [-0.05, 0) is 24.6 Å². The summed E-state index contributed by atoms with van der Waals surface area (Å²) in [6, 6.07) is 7.37. The van der Waals surface area contributed by atoms with Crippen molar-refractivity contribution in [2.24, 2.45) is 4.99 Å². The van der Waals surface area contributed by atoms with Crippen molar-refractivity contribution in [1.29, 1.82) is 5.26 Å². The number of rotatable bonds is 5. The average Bonchev–Trinajstić information content (AvgIpc) is 2.80. The van der Waals surface area contributed by atoms with Crippen LogP contribution < -0.4 is 9.98 Å². The van der Waals surface area contributed by atoms with Gasteiger partial charge in [0, 0.05) is 45.6 Å². The van der Waals surface area contributed by atoms with E-state index in [0.29, 0.717) is 22.8 Å². The summed E-state index contributed by atoms with van der Waals surface area (Å²) < 4.78 is 3.93. The third kappa shape index (κ3) is 9.79. The molecule has 0 fully saturated rings. The zero-order chi connectivity index (χ0) is 24.8. The van der Waals surface area contributed by atoms with Crippen molar-refractivity contribution in [1.82, 2.24) is 34.7 Å². The van der Waals surface area contributed by atoms with E-state index in [4.69, 9.17) is 28.5 Å². The van der Waals surface area contributed by atoms with Gasteiger partial charge in [0.1, 0.15) is 17.0 Å². The summed E-state index contributed by atoms with van der Waals surface area (Å²) >= 11 is 11.4. The van der Waals surface area contributed by atoms with Gasteiger partial charge < -0.3 is 9.80 Å². The number of halogens is 2. The lowest BCUT2D eigenvalue weighted by Gasteiger charge is -2.25. The Bertz CT molecular complexity index is 976. The molecule has 33 heavy (non-hydrogen) atoms. The number of aromatic nitrogens is 2. The summed E-state index contributed by atoms with van der Waals surface area (Å²) in [6.07, 6.45) is 5.26. The smallest absolute Gasteiger partial charge is 0.348 e. The van der Waals surface area contributed by atoms with Crippen LogP contribution in [0, 0.1) is 11.5 Å². The Morgan fingerprint density at radius 1 is 1.09 bits per heavy atom. The van der Waals surface area contributed by atoms with Crippen LogP contribution in [-0.4, -0.2) is 78.0 Å². The molecule has 1 N–H and O–H groups in total. The molecule has 2 aromatic rings. The van der Waals surface area contributed by atoms with Crippen LogP contribution in [0.25, 0.3) is 0 Å². The van der Waals surface area contributed by atoms with Crippen LogP contribution >= 0.6 is 23.2 Å². The van der Waals surface area contributed by atoms with Gasteiger partial charge in [0.25, 0.3) is 0 Å². The van der Waals surface area contributed by atoms with Gasteiger partial charge in [0.05, 0.1) is 20.1 Å². The Labute approximate surface area is 205 Å². The molecule has 2 aromatic heterocycles. The van der Waals surface area contributed by atoms with Crippen molar-refractivity contribution < 1.29 is 0 Å². The summed E-state index contributed by atoms with van der Waals surface area (Å²) in [7, 11) is 7.37.